The summed E-state index contributed by atoms with van der Waals surface area (Å²) in [4.78, 5) is 0. The Bertz CT molecular complexity index is 519. The Hall–Kier alpha value is -0.240. The Morgan fingerprint density at radius 3 is 1.83 bits per heavy atom. The van der Waals surface area contributed by atoms with Crippen molar-refractivity contribution in [2.45, 2.75) is 113 Å². The summed E-state index contributed by atoms with van der Waals surface area (Å²) >= 11 is 0. The molecular formula is C29H68N6. The van der Waals surface area contributed by atoms with Crippen LogP contribution in [0, 0.1) is 33.5 Å². The maximum Gasteiger partial charge on any atom is 0.00495 e. The number of hydrogen-bond donors (Lipinski definition) is 6. The zero-order chi connectivity index (χ0) is 27.9. The first-order chi connectivity index (χ1) is 15.9. The highest BCUT2D eigenvalue weighted by Crippen LogP contribution is 2.44. The molecule has 1 aliphatic carbocycles. The highest BCUT2D eigenvalue weighted by Gasteiger charge is 2.38. The van der Waals surface area contributed by atoms with Gasteiger partial charge in [-0.1, -0.05) is 62.3 Å². The lowest BCUT2D eigenvalue weighted by molar-refractivity contribution is 0.0904. The van der Waals surface area contributed by atoms with Gasteiger partial charge in [-0.05, 0) is 118 Å². The van der Waals surface area contributed by atoms with Gasteiger partial charge in [0, 0.05) is 6.04 Å². The number of nitrogens with two attached hydrogens (primary N) is 5. The van der Waals surface area contributed by atoms with Gasteiger partial charge in [-0.3, -0.25) is 0 Å². The standard InChI is InChI=1S/C10H22N2.C10H24N2.C9H22N2/c1-9(2)4-8(12)5-10(3,6-9)7-11;1-9(5-6-12-4)7-10(2,3)8-11;1-8(7-11)6-9(2,3)4-5-10/h8H,4-7,11-12H2,1-3H3;9,12H,5-8,11H2,1-4H3;8H,4-7,10-11H2,1-3H3. The minimum atomic E-state index is 0.279. The van der Waals surface area contributed by atoms with Crippen molar-refractivity contribution in [3.05, 3.63) is 0 Å². The van der Waals surface area contributed by atoms with Crippen LogP contribution >= 0.6 is 0 Å². The van der Waals surface area contributed by atoms with Crippen LogP contribution in [-0.4, -0.2) is 45.8 Å². The predicted octanol–water partition coefficient (Wildman–Crippen LogP) is 4.44. The summed E-state index contributed by atoms with van der Waals surface area (Å²) in [5.41, 5.74) is 29.8. The van der Waals surface area contributed by atoms with Gasteiger partial charge in [0.25, 0.3) is 0 Å². The molecule has 4 unspecified atom stereocenters. The van der Waals surface area contributed by atoms with E-state index in [1.54, 1.807) is 0 Å². The van der Waals surface area contributed by atoms with Gasteiger partial charge in [-0.2, -0.15) is 0 Å². The number of hydrogen-bond acceptors (Lipinski definition) is 6. The van der Waals surface area contributed by atoms with Gasteiger partial charge in [0.1, 0.15) is 0 Å². The normalized spacial score (nSPS) is 23.9. The Kier molecular flexibility index (Phi) is 18.2. The van der Waals surface area contributed by atoms with Crippen LogP contribution in [0.1, 0.15) is 107 Å². The zero-order valence-electron chi connectivity index (χ0n) is 25.6. The fraction of sp³-hybridized carbons (Fsp3) is 1.00. The molecule has 35 heavy (non-hydrogen) atoms. The minimum Gasteiger partial charge on any atom is -0.330 e. The molecule has 6 nitrogen and oxygen atoms in total. The second-order valence-corrected chi connectivity index (χ2v) is 14.3. The van der Waals surface area contributed by atoms with Crippen LogP contribution < -0.4 is 34.0 Å². The van der Waals surface area contributed by atoms with Gasteiger partial charge < -0.3 is 34.0 Å². The maximum absolute atomic E-state index is 6.01. The molecule has 0 spiro atoms. The summed E-state index contributed by atoms with van der Waals surface area (Å²) in [6.45, 7) is 24.6. The largest absolute Gasteiger partial charge is 0.330 e. The molecule has 4 atom stereocenters. The van der Waals surface area contributed by atoms with E-state index < -0.39 is 0 Å². The molecule has 0 saturated heterocycles. The summed E-state index contributed by atoms with van der Waals surface area (Å²) < 4.78 is 0. The van der Waals surface area contributed by atoms with E-state index in [1.165, 1.54) is 25.7 Å². The summed E-state index contributed by atoms with van der Waals surface area (Å²) in [6.07, 6.45) is 8.20. The van der Waals surface area contributed by atoms with E-state index in [1.807, 2.05) is 7.05 Å². The van der Waals surface area contributed by atoms with Gasteiger partial charge in [0.15, 0.2) is 0 Å². The number of rotatable bonds is 12. The Labute approximate surface area is 220 Å². The highest BCUT2D eigenvalue weighted by atomic mass is 14.8. The molecule has 0 heterocycles. The van der Waals surface area contributed by atoms with Crippen molar-refractivity contribution >= 4 is 0 Å². The van der Waals surface area contributed by atoms with E-state index >= 15 is 0 Å². The third-order valence-corrected chi connectivity index (χ3v) is 7.43. The van der Waals surface area contributed by atoms with Gasteiger partial charge in [0.05, 0.1) is 0 Å². The molecule has 0 aromatic heterocycles. The van der Waals surface area contributed by atoms with Crippen molar-refractivity contribution in [3.63, 3.8) is 0 Å². The van der Waals surface area contributed by atoms with Crippen LogP contribution in [0.3, 0.4) is 0 Å². The van der Waals surface area contributed by atoms with Crippen LogP contribution in [0.25, 0.3) is 0 Å². The van der Waals surface area contributed by atoms with Gasteiger partial charge in [-0.15, -0.1) is 0 Å². The third kappa shape index (κ3) is 19.5. The molecule has 1 rings (SSSR count). The molecule has 0 aromatic rings. The fourth-order valence-electron chi connectivity index (χ4n) is 5.91. The lowest BCUT2D eigenvalue weighted by Crippen LogP contribution is -2.45. The highest BCUT2D eigenvalue weighted by molar-refractivity contribution is 4.93. The molecule has 6 heteroatoms. The molecule has 214 valence electrons. The summed E-state index contributed by atoms with van der Waals surface area (Å²) in [5.74, 6) is 1.40. The van der Waals surface area contributed by atoms with Crippen molar-refractivity contribution in [2.75, 3.05) is 39.8 Å². The van der Waals surface area contributed by atoms with Gasteiger partial charge in [0.2, 0.25) is 0 Å². The van der Waals surface area contributed by atoms with Crippen LogP contribution in [0.4, 0.5) is 0 Å². The molecule has 11 N–H and O–H groups in total. The Morgan fingerprint density at radius 2 is 1.43 bits per heavy atom. The third-order valence-electron chi connectivity index (χ3n) is 7.43. The smallest absolute Gasteiger partial charge is 0.00495 e. The quantitative estimate of drug-likeness (QED) is 0.234. The first kappa shape index (κ1) is 36.9. The summed E-state index contributed by atoms with van der Waals surface area (Å²) in [5, 5.41) is 3.17. The van der Waals surface area contributed by atoms with Crippen molar-refractivity contribution in [3.8, 4) is 0 Å². The van der Waals surface area contributed by atoms with Crippen molar-refractivity contribution in [1.29, 1.82) is 0 Å². The minimum absolute atomic E-state index is 0.279. The topological polar surface area (TPSA) is 142 Å². The summed E-state index contributed by atoms with van der Waals surface area (Å²) in [6, 6.07) is 0.349. The van der Waals surface area contributed by atoms with Crippen molar-refractivity contribution in [1.82, 2.24) is 5.32 Å². The second-order valence-electron chi connectivity index (χ2n) is 14.3. The van der Waals surface area contributed by atoms with E-state index in [4.69, 9.17) is 28.7 Å². The average molecular weight is 501 g/mol. The maximum atomic E-state index is 6.01. The first-order valence-electron chi connectivity index (χ1n) is 14.1. The zero-order valence-corrected chi connectivity index (χ0v) is 25.6. The van der Waals surface area contributed by atoms with Crippen LogP contribution in [0.2, 0.25) is 0 Å². The fourth-order valence-corrected chi connectivity index (χ4v) is 5.91. The SMILES string of the molecule is CC(CN)CC(C)(C)CCN.CC1(C)CC(N)CC(C)(CN)C1.CNCCC(C)CC(C)(C)CN. The average Bonchev–Trinajstić information content (AvgIpc) is 2.70. The molecule has 0 aromatic carbocycles. The van der Waals surface area contributed by atoms with E-state index in [-0.39, 0.29) is 5.41 Å². The van der Waals surface area contributed by atoms with E-state index in [0.29, 0.717) is 28.2 Å². The number of nitrogens with one attached hydrogen (secondary N) is 1. The predicted molar refractivity (Wildman–Crippen MR) is 158 cm³/mol. The van der Waals surface area contributed by atoms with Crippen molar-refractivity contribution < 1.29 is 0 Å². The Balaban J connectivity index is 0. The molecule has 0 aliphatic heterocycles. The first-order valence-corrected chi connectivity index (χ1v) is 14.1. The van der Waals surface area contributed by atoms with Gasteiger partial charge in [-0.25, -0.2) is 0 Å². The van der Waals surface area contributed by atoms with E-state index in [2.05, 4.69) is 67.6 Å². The lowest BCUT2D eigenvalue weighted by Gasteiger charge is -2.45. The second kappa shape index (κ2) is 17.3. The monoisotopic (exact) mass is 501 g/mol. The molecule has 1 fully saturated rings. The molecule has 0 bridgehead atoms. The van der Waals surface area contributed by atoms with Crippen molar-refractivity contribution in [2.24, 2.45) is 62.2 Å². The lowest BCUT2D eigenvalue weighted by atomic mass is 9.63. The Morgan fingerprint density at radius 1 is 0.886 bits per heavy atom. The molecule has 1 aliphatic rings. The molecular weight excluding hydrogens is 432 g/mol. The summed E-state index contributed by atoms with van der Waals surface area (Å²) in [7, 11) is 2.00. The van der Waals surface area contributed by atoms with Gasteiger partial charge >= 0.3 is 0 Å². The van der Waals surface area contributed by atoms with Crippen LogP contribution in [0.5, 0.6) is 0 Å². The van der Waals surface area contributed by atoms with E-state index in [9.17, 15) is 0 Å². The van der Waals surface area contributed by atoms with E-state index in [0.717, 1.165) is 57.9 Å². The molecule has 0 radical (unpaired) electrons. The van der Waals surface area contributed by atoms with Crippen LogP contribution in [-0.2, 0) is 0 Å². The molecule has 0 amide bonds. The van der Waals surface area contributed by atoms with Crippen LogP contribution in [0.15, 0.2) is 0 Å². The molecule has 1 saturated carbocycles.